The summed E-state index contributed by atoms with van der Waals surface area (Å²) in [6, 6.07) is 13.2. The summed E-state index contributed by atoms with van der Waals surface area (Å²) < 4.78 is 10.3. The SMILES string of the molecule is O=C(O[C@@]1(C(=O)c2ccccc2)O[C@H](CO)[C@@](O)(OO)[C@](O)(OO)[C@@]1(O)OO)c1ccccc1. The molecule has 14 heteroatoms. The van der Waals surface area contributed by atoms with E-state index < -0.39 is 47.6 Å². The van der Waals surface area contributed by atoms with Gasteiger partial charge < -0.3 is 29.9 Å². The van der Waals surface area contributed by atoms with Crippen LogP contribution in [-0.4, -0.2) is 83.8 Å². The van der Waals surface area contributed by atoms with E-state index in [0.717, 1.165) is 12.1 Å². The number of Topliss-reactive ketones (excluding diaryl/α,β-unsaturated/α-hetero) is 1. The van der Waals surface area contributed by atoms with Crippen LogP contribution in [0, 0.1) is 0 Å². The highest BCUT2D eigenvalue weighted by atomic mass is 17.2. The molecule has 1 saturated heterocycles. The normalized spacial score (nSPS) is 33.3. The molecule has 184 valence electrons. The van der Waals surface area contributed by atoms with Crippen LogP contribution in [0.2, 0.25) is 0 Å². The highest BCUT2D eigenvalue weighted by Crippen LogP contribution is 2.52. The molecule has 2 aromatic carbocycles. The second-order valence-electron chi connectivity index (χ2n) is 7.11. The maximum absolute atomic E-state index is 13.6. The number of benzene rings is 2. The highest BCUT2D eigenvalue weighted by molar-refractivity contribution is 6.04. The summed E-state index contributed by atoms with van der Waals surface area (Å²) in [6.07, 6.45) is -2.50. The van der Waals surface area contributed by atoms with Crippen LogP contribution in [0.5, 0.6) is 0 Å². The Hall–Kier alpha value is -2.86. The number of carbonyl (C=O) groups excluding carboxylic acids is 2. The molecule has 1 aliphatic rings. The Morgan fingerprint density at radius 3 is 1.74 bits per heavy atom. The Kier molecular flexibility index (Phi) is 7.13. The maximum atomic E-state index is 13.6. The summed E-state index contributed by atoms with van der Waals surface area (Å²) in [7, 11) is 0. The van der Waals surface area contributed by atoms with Gasteiger partial charge in [0.1, 0.15) is 6.10 Å². The van der Waals surface area contributed by atoms with Crippen LogP contribution in [0.4, 0.5) is 0 Å². The molecule has 14 nitrogen and oxygen atoms in total. The molecule has 0 saturated carbocycles. The van der Waals surface area contributed by atoms with Gasteiger partial charge in [0.15, 0.2) is 0 Å². The number of aliphatic hydroxyl groups excluding tert-OH is 1. The topological polar surface area (TPSA) is 222 Å². The van der Waals surface area contributed by atoms with Crippen molar-refractivity contribution in [3.8, 4) is 0 Å². The molecule has 3 rings (SSSR count). The molecule has 5 atom stereocenters. The first kappa shape index (κ1) is 25.8. The van der Waals surface area contributed by atoms with Gasteiger partial charge in [-0.05, 0) is 12.1 Å². The van der Waals surface area contributed by atoms with E-state index in [0.29, 0.717) is 0 Å². The number of esters is 1. The Bertz CT molecular complexity index is 1020. The second-order valence-corrected chi connectivity index (χ2v) is 7.11. The van der Waals surface area contributed by atoms with Crippen LogP contribution in [0.15, 0.2) is 60.7 Å². The predicted molar refractivity (Wildman–Crippen MR) is 103 cm³/mol. The standard InChI is InChI=1S/C20H20O14/c21-11-14-17(24,32-27)19(25,33-28)20(26,34-29)18(30-14,15(22)12-7-3-1-4-8-12)31-16(23)13-9-5-2-6-10-13/h1-10,14,21,24-29H,11H2/t14-,17-,18-,19+,20+/m1/s1. The number of aliphatic hydroxyl groups is 4. The van der Waals surface area contributed by atoms with E-state index in [4.69, 9.17) is 9.47 Å². The zero-order chi connectivity index (χ0) is 25.2. The monoisotopic (exact) mass is 484 g/mol. The van der Waals surface area contributed by atoms with E-state index >= 15 is 0 Å². The first-order valence-electron chi connectivity index (χ1n) is 9.42. The molecule has 0 bridgehead atoms. The average molecular weight is 484 g/mol. The lowest BCUT2D eigenvalue weighted by atomic mass is 9.79. The number of rotatable bonds is 8. The van der Waals surface area contributed by atoms with Crippen LogP contribution in [0.25, 0.3) is 0 Å². The molecule has 7 N–H and O–H groups in total. The molecule has 0 aromatic heterocycles. The van der Waals surface area contributed by atoms with Crippen molar-refractivity contribution >= 4 is 11.8 Å². The van der Waals surface area contributed by atoms with E-state index in [-0.39, 0.29) is 11.1 Å². The number of ether oxygens (including phenoxy) is 2. The summed E-state index contributed by atoms with van der Waals surface area (Å²) in [5, 5.41) is 70.5. The summed E-state index contributed by atoms with van der Waals surface area (Å²) in [5.41, 5.74) is -0.619. The van der Waals surface area contributed by atoms with Gasteiger partial charge in [0.2, 0.25) is 5.78 Å². The average Bonchev–Trinajstić information content (AvgIpc) is 2.89. The van der Waals surface area contributed by atoms with Crippen molar-refractivity contribution in [3.63, 3.8) is 0 Å². The van der Waals surface area contributed by atoms with Crippen molar-refractivity contribution < 1.29 is 69.9 Å². The summed E-state index contributed by atoms with van der Waals surface area (Å²) in [4.78, 5) is 37.7. The third kappa shape index (κ3) is 3.50. The third-order valence-corrected chi connectivity index (χ3v) is 5.29. The van der Waals surface area contributed by atoms with Crippen LogP contribution < -0.4 is 0 Å². The predicted octanol–water partition coefficient (Wildman–Crippen LogP) is -0.652. The quantitative estimate of drug-likeness (QED) is 0.0813. The van der Waals surface area contributed by atoms with E-state index in [9.17, 15) is 45.8 Å². The van der Waals surface area contributed by atoms with Crippen LogP contribution in [-0.2, 0) is 24.1 Å². The van der Waals surface area contributed by atoms with Crippen molar-refractivity contribution in [1.29, 1.82) is 0 Å². The van der Waals surface area contributed by atoms with E-state index in [1.54, 1.807) is 0 Å². The molecule has 1 fully saturated rings. The van der Waals surface area contributed by atoms with E-state index in [1.807, 2.05) is 0 Å². The fourth-order valence-electron chi connectivity index (χ4n) is 3.47. The van der Waals surface area contributed by atoms with Crippen molar-refractivity contribution in [3.05, 3.63) is 71.8 Å². The summed E-state index contributed by atoms with van der Waals surface area (Å²) in [5.74, 6) is -19.1. The van der Waals surface area contributed by atoms with Gasteiger partial charge in [-0.15, -0.1) is 0 Å². The molecule has 1 aliphatic heterocycles. The Labute approximate surface area is 190 Å². The molecule has 0 unspecified atom stereocenters. The molecule has 34 heavy (non-hydrogen) atoms. The van der Waals surface area contributed by atoms with Crippen molar-refractivity contribution in [2.45, 2.75) is 29.3 Å². The lowest BCUT2D eigenvalue weighted by Crippen LogP contribution is -2.88. The zero-order valence-electron chi connectivity index (χ0n) is 17.0. The van der Waals surface area contributed by atoms with Crippen molar-refractivity contribution in [2.24, 2.45) is 0 Å². The number of carbonyl (C=O) groups is 2. The number of ketones is 1. The number of hydrogen-bond acceptors (Lipinski definition) is 14. The van der Waals surface area contributed by atoms with Gasteiger partial charge in [-0.2, -0.15) is 14.7 Å². The molecule has 1 heterocycles. The Balaban J connectivity index is 2.31. The van der Waals surface area contributed by atoms with Gasteiger partial charge in [-0.25, -0.2) is 20.6 Å². The third-order valence-electron chi connectivity index (χ3n) is 5.29. The Morgan fingerprint density at radius 2 is 1.29 bits per heavy atom. The van der Waals surface area contributed by atoms with Crippen molar-refractivity contribution in [2.75, 3.05) is 6.61 Å². The minimum absolute atomic E-state index is 0.236. The van der Waals surface area contributed by atoms with Crippen LogP contribution in [0.1, 0.15) is 20.7 Å². The molecular weight excluding hydrogens is 464 g/mol. The van der Waals surface area contributed by atoms with Crippen molar-refractivity contribution in [1.82, 2.24) is 0 Å². The van der Waals surface area contributed by atoms with Crippen LogP contribution in [0.3, 0.4) is 0 Å². The van der Waals surface area contributed by atoms with E-state index in [2.05, 4.69) is 14.7 Å². The number of hydrogen-bond donors (Lipinski definition) is 7. The fraction of sp³-hybridized carbons (Fsp3) is 0.300. The highest BCUT2D eigenvalue weighted by Gasteiger charge is 2.87. The van der Waals surface area contributed by atoms with Gasteiger partial charge in [0, 0.05) is 5.56 Å². The van der Waals surface area contributed by atoms with Gasteiger partial charge >= 0.3 is 23.3 Å². The lowest BCUT2D eigenvalue weighted by molar-refractivity contribution is -0.651. The van der Waals surface area contributed by atoms with Gasteiger partial charge in [-0.1, -0.05) is 48.5 Å². The largest absolute Gasteiger partial charge is 0.415 e. The minimum atomic E-state index is -4.28. The minimum Gasteiger partial charge on any atom is -0.415 e. The smallest absolute Gasteiger partial charge is 0.342 e. The second kappa shape index (κ2) is 9.41. The molecule has 0 radical (unpaired) electrons. The first-order valence-corrected chi connectivity index (χ1v) is 9.42. The molecular formula is C20H20O14. The van der Waals surface area contributed by atoms with Gasteiger partial charge in [0.25, 0.3) is 5.79 Å². The molecule has 0 aliphatic carbocycles. The van der Waals surface area contributed by atoms with Crippen LogP contribution >= 0.6 is 0 Å². The summed E-state index contributed by atoms with van der Waals surface area (Å²) >= 11 is 0. The summed E-state index contributed by atoms with van der Waals surface area (Å²) in [6.45, 7) is -1.42. The molecule has 2 aromatic rings. The van der Waals surface area contributed by atoms with Gasteiger partial charge in [0.05, 0.1) is 12.2 Å². The maximum Gasteiger partial charge on any atom is 0.342 e. The van der Waals surface area contributed by atoms with Gasteiger partial charge in [-0.3, -0.25) is 4.79 Å². The zero-order valence-corrected chi connectivity index (χ0v) is 17.0. The molecule has 0 amide bonds. The molecule has 0 spiro atoms. The first-order chi connectivity index (χ1) is 16.1. The van der Waals surface area contributed by atoms with E-state index in [1.165, 1.54) is 48.5 Å². The Morgan fingerprint density at radius 1 is 0.794 bits per heavy atom. The lowest BCUT2D eigenvalue weighted by Gasteiger charge is -2.57. The fourth-order valence-corrected chi connectivity index (χ4v) is 3.47.